The Balaban J connectivity index is 1.96. The van der Waals surface area contributed by atoms with Crippen molar-refractivity contribution in [3.63, 3.8) is 0 Å². The van der Waals surface area contributed by atoms with Gasteiger partial charge in [0, 0.05) is 16.3 Å². The Hall–Kier alpha value is -2.83. The maximum Gasteiger partial charge on any atom is 0.248 e. The summed E-state index contributed by atoms with van der Waals surface area (Å²) in [6.45, 7) is 1.78. The Morgan fingerprint density at radius 2 is 1.57 bits per heavy atom. The summed E-state index contributed by atoms with van der Waals surface area (Å²) in [4.78, 5) is 13.2. The lowest BCUT2D eigenvalue weighted by atomic mass is 10.0. The van der Waals surface area contributed by atoms with Gasteiger partial charge in [-0.15, -0.1) is 0 Å². The van der Waals surface area contributed by atoms with Gasteiger partial charge in [-0.1, -0.05) is 67.1 Å². The molecule has 3 rings (SSSR count). The van der Waals surface area contributed by atoms with Crippen LogP contribution in [0.2, 0.25) is 5.02 Å². The summed E-state index contributed by atoms with van der Waals surface area (Å²) in [5, 5.41) is 3.41. The highest BCUT2D eigenvalue weighted by Gasteiger charge is 2.31. The van der Waals surface area contributed by atoms with Crippen molar-refractivity contribution in [2.75, 3.05) is 15.9 Å². The van der Waals surface area contributed by atoms with Crippen LogP contribution in [0.3, 0.4) is 0 Å². The van der Waals surface area contributed by atoms with Crippen molar-refractivity contribution in [3.05, 3.63) is 83.9 Å². The summed E-state index contributed by atoms with van der Waals surface area (Å²) in [6.07, 6.45) is 1.39. The minimum atomic E-state index is -3.71. The summed E-state index contributed by atoms with van der Waals surface area (Å²) in [5.74, 6) is -0.402. The van der Waals surface area contributed by atoms with Crippen LogP contribution in [-0.2, 0) is 14.8 Å². The molecule has 0 aliphatic rings. The van der Waals surface area contributed by atoms with E-state index >= 15 is 0 Å². The van der Waals surface area contributed by atoms with E-state index in [0.717, 1.165) is 21.7 Å². The van der Waals surface area contributed by atoms with E-state index in [1.54, 1.807) is 37.3 Å². The minimum Gasteiger partial charge on any atom is -0.324 e. The highest BCUT2D eigenvalue weighted by atomic mass is 35.5. The number of nitrogens with zero attached hydrogens (tertiary/aromatic N) is 1. The van der Waals surface area contributed by atoms with Crippen molar-refractivity contribution >= 4 is 38.9 Å². The number of rotatable bonds is 7. The maximum absolute atomic E-state index is 13.2. The second kappa shape index (κ2) is 9.32. The zero-order valence-corrected chi connectivity index (χ0v) is 18.3. The molecule has 0 aliphatic carbocycles. The van der Waals surface area contributed by atoms with Crippen molar-refractivity contribution in [3.8, 4) is 11.1 Å². The first-order chi connectivity index (χ1) is 14.3. The fourth-order valence-electron chi connectivity index (χ4n) is 3.33. The molecule has 1 amide bonds. The number of anilines is 2. The van der Waals surface area contributed by atoms with E-state index in [-0.39, 0.29) is 0 Å². The van der Waals surface area contributed by atoms with Crippen LogP contribution in [0, 0.1) is 0 Å². The lowest BCUT2D eigenvalue weighted by molar-refractivity contribution is -0.117. The molecule has 0 fully saturated rings. The van der Waals surface area contributed by atoms with Gasteiger partial charge in [-0.2, -0.15) is 0 Å². The third-order valence-electron chi connectivity index (χ3n) is 4.68. The van der Waals surface area contributed by atoms with Gasteiger partial charge in [0.05, 0.1) is 11.9 Å². The summed E-state index contributed by atoms with van der Waals surface area (Å²) in [7, 11) is -3.71. The van der Waals surface area contributed by atoms with Gasteiger partial charge in [0.2, 0.25) is 15.9 Å². The van der Waals surface area contributed by atoms with E-state index in [0.29, 0.717) is 22.8 Å². The number of benzene rings is 3. The van der Waals surface area contributed by atoms with Gasteiger partial charge >= 0.3 is 0 Å². The normalized spacial score (nSPS) is 12.2. The molecule has 0 saturated heterocycles. The predicted molar refractivity (Wildman–Crippen MR) is 123 cm³/mol. The first-order valence-corrected chi connectivity index (χ1v) is 11.7. The lowest BCUT2D eigenvalue weighted by Crippen LogP contribution is -2.47. The summed E-state index contributed by atoms with van der Waals surface area (Å²) in [5.41, 5.74) is 2.83. The average molecular weight is 443 g/mol. The van der Waals surface area contributed by atoms with Gasteiger partial charge in [0.1, 0.15) is 6.04 Å². The molecule has 156 valence electrons. The smallest absolute Gasteiger partial charge is 0.248 e. The number of nitrogens with one attached hydrogen (secondary N) is 1. The third kappa shape index (κ3) is 5.01. The molecular formula is C23H23ClN2O3S. The molecule has 3 aromatic carbocycles. The Morgan fingerprint density at radius 1 is 0.967 bits per heavy atom. The Kier molecular flexibility index (Phi) is 6.80. The first kappa shape index (κ1) is 21.9. The predicted octanol–water partition coefficient (Wildman–Crippen LogP) is 5.19. The van der Waals surface area contributed by atoms with Gasteiger partial charge in [-0.3, -0.25) is 9.10 Å². The number of sulfonamides is 1. The highest BCUT2D eigenvalue weighted by Crippen LogP contribution is 2.29. The van der Waals surface area contributed by atoms with Crippen LogP contribution < -0.4 is 9.62 Å². The van der Waals surface area contributed by atoms with E-state index in [4.69, 9.17) is 11.6 Å². The van der Waals surface area contributed by atoms with Crippen molar-refractivity contribution in [1.82, 2.24) is 0 Å². The number of hydrogen-bond acceptors (Lipinski definition) is 3. The van der Waals surface area contributed by atoms with Crippen LogP contribution in [0.4, 0.5) is 11.4 Å². The number of hydrogen-bond donors (Lipinski definition) is 1. The zero-order valence-electron chi connectivity index (χ0n) is 16.7. The number of para-hydroxylation sites is 1. The van der Waals surface area contributed by atoms with Crippen molar-refractivity contribution in [1.29, 1.82) is 0 Å². The van der Waals surface area contributed by atoms with E-state index in [2.05, 4.69) is 5.32 Å². The average Bonchev–Trinajstić information content (AvgIpc) is 2.73. The van der Waals surface area contributed by atoms with E-state index in [1.165, 1.54) is 0 Å². The molecule has 30 heavy (non-hydrogen) atoms. The highest BCUT2D eigenvalue weighted by molar-refractivity contribution is 7.92. The SMILES string of the molecule is CC[C@H](C(=O)Nc1ccccc1-c1ccccc1)N(c1ccc(Cl)cc1)S(C)(=O)=O. The second-order valence-corrected chi connectivity index (χ2v) is 9.16. The van der Waals surface area contributed by atoms with E-state index < -0.39 is 22.0 Å². The molecule has 0 heterocycles. The van der Waals surface area contributed by atoms with Gasteiger partial charge in [-0.25, -0.2) is 8.42 Å². The fraction of sp³-hybridized carbons (Fsp3) is 0.174. The molecule has 0 bridgehead atoms. The minimum absolute atomic E-state index is 0.301. The summed E-state index contributed by atoms with van der Waals surface area (Å²) in [6, 6.07) is 22.6. The second-order valence-electron chi connectivity index (χ2n) is 6.86. The molecule has 0 unspecified atom stereocenters. The van der Waals surface area contributed by atoms with E-state index in [1.807, 2.05) is 48.5 Å². The van der Waals surface area contributed by atoms with Crippen LogP contribution in [-0.4, -0.2) is 26.6 Å². The number of halogens is 1. The first-order valence-electron chi connectivity index (χ1n) is 9.51. The summed E-state index contributed by atoms with van der Waals surface area (Å²) >= 11 is 5.94. The summed E-state index contributed by atoms with van der Waals surface area (Å²) < 4.78 is 26.3. The maximum atomic E-state index is 13.2. The molecule has 1 atom stereocenters. The van der Waals surface area contributed by atoms with Crippen LogP contribution in [0.15, 0.2) is 78.9 Å². The molecule has 5 nitrogen and oxygen atoms in total. The third-order valence-corrected chi connectivity index (χ3v) is 6.11. The molecule has 0 saturated carbocycles. The quantitative estimate of drug-likeness (QED) is 0.547. The fourth-order valence-corrected chi connectivity index (χ4v) is 4.66. The molecule has 0 radical (unpaired) electrons. The van der Waals surface area contributed by atoms with Gasteiger partial charge in [-0.05, 0) is 42.3 Å². The Bertz CT molecular complexity index is 1120. The molecule has 0 aliphatic heterocycles. The van der Waals surface area contributed by atoms with Crippen LogP contribution in [0.5, 0.6) is 0 Å². The van der Waals surface area contributed by atoms with E-state index in [9.17, 15) is 13.2 Å². The lowest BCUT2D eigenvalue weighted by Gasteiger charge is -2.30. The molecular weight excluding hydrogens is 420 g/mol. The standard InChI is InChI=1S/C23H23ClN2O3S/c1-3-22(26(30(2,28)29)19-15-13-18(24)14-16-19)23(27)25-21-12-8-7-11-20(21)17-9-5-4-6-10-17/h4-16,22H,3H2,1-2H3,(H,25,27)/t22-/m1/s1. The molecule has 3 aromatic rings. The number of carbonyl (C=O) groups excluding carboxylic acids is 1. The Morgan fingerprint density at radius 3 is 2.17 bits per heavy atom. The van der Waals surface area contributed by atoms with Crippen LogP contribution in [0.25, 0.3) is 11.1 Å². The van der Waals surface area contributed by atoms with Crippen molar-refractivity contribution in [2.45, 2.75) is 19.4 Å². The molecule has 0 aromatic heterocycles. The molecule has 7 heteroatoms. The van der Waals surface area contributed by atoms with Crippen molar-refractivity contribution in [2.24, 2.45) is 0 Å². The van der Waals surface area contributed by atoms with Gasteiger partial charge < -0.3 is 5.32 Å². The topological polar surface area (TPSA) is 66.5 Å². The Labute approximate surface area is 182 Å². The number of carbonyl (C=O) groups is 1. The monoisotopic (exact) mass is 442 g/mol. The van der Waals surface area contributed by atoms with Crippen molar-refractivity contribution < 1.29 is 13.2 Å². The van der Waals surface area contributed by atoms with Gasteiger partial charge in [0.25, 0.3) is 0 Å². The van der Waals surface area contributed by atoms with Gasteiger partial charge in [0.15, 0.2) is 0 Å². The molecule has 1 N–H and O–H groups in total. The largest absolute Gasteiger partial charge is 0.324 e. The molecule has 0 spiro atoms. The van der Waals surface area contributed by atoms with Crippen LogP contribution in [0.1, 0.15) is 13.3 Å². The zero-order chi connectivity index (χ0) is 21.7. The number of amides is 1. The van der Waals surface area contributed by atoms with Crippen LogP contribution >= 0.6 is 11.6 Å².